The number of rotatable bonds is 10. The number of aliphatic hydroxyl groups is 3. The van der Waals surface area contributed by atoms with Gasteiger partial charge in [0, 0.05) is 39.9 Å². The summed E-state index contributed by atoms with van der Waals surface area (Å²) in [4.78, 5) is 39.7. The molecule has 9 N–H and O–H groups in total. The summed E-state index contributed by atoms with van der Waals surface area (Å²) in [5, 5.41) is 56.6. The molecule has 168 valence electrons. The van der Waals surface area contributed by atoms with Crippen molar-refractivity contribution in [2.24, 2.45) is 5.73 Å². The number of hydrogen-bond donors (Lipinski definition) is 8. The number of aliphatic hydroxyl groups excluding tert-OH is 3. The van der Waals surface area contributed by atoms with Crippen LogP contribution in [0.25, 0.3) is 0 Å². The molecule has 0 saturated heterocycles. The summed E-state index contributed by atoms with van der Waals surface area (Å²) in [6.45, 7) is 3.92. The van der Waals surface area contributed by atoms with Gasteiger partial charge in [0.25, 0.3) is 11.9 Å². The lowest BCUT2D eigenvalue weighted by Crippen LogP contribution is -2.32. The van der Waals surface area contributed by atoms with Gasteiger partial charge in [-0.15, -0.1) is 0 Å². The molecule has 28 heavy (non-hydrogen) atoms. The standard InChI is InChI=1S/C6H15NO3.C5H9NO4.2C2H4O2/c8-4-1-7(2-5-9)3-6-10;6-3(5(9)10)1-2-4(7)8;2*1-2(3)4/h8-10H,1-6H2;3H,1-2,6H2,(H,7,8)(H,9,10);2*1H3,(H,3,4)/t;3-;;/m.0../s1. The Morgan fingerprint density at radius 2 is 1.07 bits per heavy atom. The first-order chi connectivity index (χ1) is 12.8. The maximum Gasteiger partial charge on any atom is 0.320 e. The molecule has 0 bridgehead atoms. The first-order valence-electron chi connectivity index (χ1n) is 7.99. The van der Waals surface area contributed by atoms with Crippen molar-refractivity contribution in [1.29, 1.82) is 0 Å². The number of aliphatic carboxylic acids is 4. The molecule has 0 aromatic heterocycles. The minimum atomic E-state index is -1.17. The zero-order valence-electron chi connectivity index (χ0n) is 16.0. The van der Waals surface area contributed by atoms with Crippen LogP contribution in [0, 0.1) is 0 Å². The van der Waals surface area contributed by atoms with Crippen molar-refractivity contribution in [2.75, 3.05) is 39.5 Å². The van der Waals surface area contributed by atoms with Gasteiger partial charge in [-0.25, -0.2) is 0 Å². The monoisotopic (exact) mass is 416 g/mol. The fourth-order valence-corrected chi connectivity index (χ4v) is 1.16. The van der Waals surface area contributed by atoms with E-state index in [1.165, 1.54) is 0 Å². The highest BCUT2D eigenvalue weighted by atomic mass is 16.4. The van der Waals surface area contributed by atoms with Crippen molar-refractivity contribution in [3.8, 4) is 0 Å². The van der Waals surface area contributed by atoms with Crippen molar-refractivity contribution in [1.82, 2.24) is 4.90 Å². The van der Waals surface area contributed by atoms with Gasteiger partial charge in [-0.3, -0.25) is 24.1 Å². The number of nitrogens with two attached hydrogens (primary N) is 1. The highest BCUT2D eigenvalue weighted by Gasteiger charge is 2.12. The summed E-state index contributed by atoms with van der Waals surface area (Å²) >= 11 is 0. The molecule has 0 heterocycles. The average Bonchev–Trinajstić information content (AvgIpc) is 2.52. The summed E-state index contributed by atoms with van der Waals surface area (Å²) in [5.41, 5.74) is 5.00. The van der Waals surface area contributed by atoms with Crippen LogP contribution in [0.4, 0.5) is 0 Å². The molecule has 0 amide bonds. The molecule has 0 aliphatic heterocycles. The third-order valence-corrected chi connectivity index (χ3v) is 2.24. The second-order valence-corrected chi connectivity index (χ2v) is 4.93. The first kappa shape index (κ1) is 33.3. The minimum Gasteiger partial charge on any atom is -0.481 e. The molecule has 0 unspecified atom stereocenters. The van der Waals surface area contributed by atoms with Gasteiger partial charge in [-0.2, -0.15) is 0 Å². The molecule has 0 aliphatic rings. The molecular weight excluding hydrogens is 384 g/mol. The van der Waals surface area contributed by atoms with Crippen LogP contribution in [0.5, 0.6) is 0 Å². The van der Waals surface area contributed by atoms with Gasteiger partial charge in [0.1, 0.15) is 6.04 Å². The normalized spacial score (nSPS) is 10.1. The van der Waals surface area contributed by atoms with Gasteiger partial charge >= 0.3 is 11.9 Å². The molecule has 13 nitrogen and oxygen atoms in total. The maximum atomic E-state index is 9.99. The molecule has 0 aromatic rings. The average molecular weight is 416 g/mol. The van der Waals surface area contributed by atoms with Crippen molar-refractivity contribution >= 4 is 23.9 Å². The van der Waals surface area contributed by atoms with Crippen LogP contribution in [0.3, 0.4) is 0 Å². The van der Waals surface area contributed by atoms with E-state index in [1.54, 1.807) is 4.90 Å². The molecule has 0 aromatic carbocycles. The number of carboxylic acid groups (broad SMARTS) is 4. The Morgan fingerprint density at radius 3 is 1.25 bits per heavy atom. The van der Waals surface area contributed by atoms with Crippen LogP contribution in [-0.4, -0.2) is 110 Å². The molecule has 0 aliphatic carbocycles. The summed E-state index contributed by atoms with van der Waals surface area (Å²) in [6, 6.07) is -1.06. The second-order valence-electron chi connectivity index (χ2n) is 4.93. The predicted octanol–water partition coefficient (Wildman–Crippen LogP) is -2.29. The second kappa shape index (κ2) is 24.7. The molecule has 0 fully saturated rings. The first-order valence-corrected chi connectivity index (χ1v) is 7.99. The van der Waals surface area contributed by atoms with E-state index in [4.69, 9.17) is 51.1 Å². The Balaban J connectivity index is -0.000000150. The maximum absolute atomic E-state index is 9.99. The zero-order chi connectivity index (χ0) is 23.1. The Labute approximate surface area is 162 Å². The van der Waals surface area contributed by atoms with Crippen molar-refractivity contribution in [2.45, 2.75) is 32.7 Å². The van der Waals surface area contributed by atoms with Gasteiger partial charge in [-0.05, 0) is 6.42 Å². The highest BCUT2D eigenvalue weighted by Crippen LogP contribution is 1.93. The van der Waals surface area contributed by atoms with Gasteiger partial charge in [-0.1, -0.05) is 0 Å². The van der Waals surface area contributed by atoms with E-state index in [9.17, 15) is 9.59 Å². The lowest BCUT2D eigenvalue weighted by atomic mass is 10.2. The molecule has 1 atom stereocenters. The molecular formula is C15H32N2O11. The van der Waals surface area contributed by atoms with Gasteiger partial charge in [0.2, 0.25) is 0 Å². The Hall–Kier alpha value is -2.32. The Bertz CT molecular complexity index is 385. The van der Waals surface area contributed by atoms with E-state index in [0.717, 1.165) is 13.8 Å². The third-order valence-electron chi connectivity index (χ3n) is 2.24. The summed E-state index contributed by atoms with van der Waals surface area (Å²) in [7, 11) is 0. The number of nitrogens with zero attached hydrogens (tertiary/aromatic N) is 1. The van der Waals surface area contributed by atoms with E-state index >= 15 is 0 Å². The third kappa shape index (κ3) is 49.5. The van der Waals surface area contributed by atoms with Gasteiger partial charge in [0.05, 0.1) is 19.8 Å². The molecule has 0 spiro atoms. The molecule has 0 saturated carbocycles. The van der Waals surface area contributed by atoms with E-state index in [2.05, 4.69) is 0 Å². The number of hydrogen-bond acceptors (Lipinski definition) is 9. The Morgan fingerprint density at radius 1 is 0.786 bits per heavy atom. The fourth-order valence-electron chi connectivity index (χ4n) is 1.16. The Kier molecular flexibility index (Phi) is 29.3. The number of carboxylic acids is 4. The smallest absolute Gasteiger partial charge is 0.320 e. The zero-order valence-corrected chi connectivity index (χ0v) is 16.0. The van der Waals surface area contributed by atoms with Crippen molar-refractivity contribution in [3.05, 3.63) is 0 Å². The van der Waals surface area contributed by atoms with E-state index in [0.29, 0.717) is 19.6 Å². The molecule has 13 heteroatoms. The molecule has 0 rings (SSSR count). The van der Waals surface area contributed by atoms with Crippen LogP contribution >= 0.6 is 0 Å². The van der Waals surface area contributed by atoms with Crippen LogP contribution < -0.4 is 5.73 Å². The van der Waals surface area contributed by atoms with Crippen LogP contribution in [0.15, 0.2) is 0 Å². The summed E-state index contributed by atoms with van der Waals surface area (Å²) in [5.74, 6) is -3.86. The quantitative estimate of drug-likeness (QED) is 0.187. The summed E-state index contributed by atoms with van der Waals surface area (Å²) in [6.07, 6.45) is -0.224. The van der Waals surface area contributed by atoms with E-state index in [1.807, 2.05) is 0 Å². The van der Waals surface area contributed by atoms with Gasteiger partial charge in [0.15, 0.2) is 0 Å². The minimum absolute atomic E-state index is 0.0231. The van der Waals surface area contributed by atoms with Crippen molar-refractivity contribution in [3.63, 3.8) is 0 Å². The fraction of sp³-hybridized carbons (Fsp3) is 0.733. The SMILES string of the molecule is CC(=O)O.CC(=O)O.N[C@@H](CCC(=O)O)C(=O)O.OCCN(CCO)CCO. The predicted molar refractivity (Wildman–Crippen MR) is 96.8 cm³/mol. The molecule has 0 radical (unpaired) electrons. The number of carbonyl (C=O) groups is 4. The lowest BCUT2D eigenvalue weighted by molar-refractivity contribution is -0.140. The highest BCUT2D eigenvalue weighted by molar-refractivity contribution is 5.74. The summed E-state index contributed by atoms with van der Waals surface area (Å²) < 4.78 is 0. The van der Waals surface area contributed by atoms with Crippen LogP contribution in [0.2, 0.25) is 0 Å². The topological polar surface area (TPSA) is 239 Å². The lowest BCUT2D eigenvalue weighted by Gasteiger charge is -2.17. The van der Waals surface area contributed by atoms with Crippen LogP contribution in [0.1, 0.15) is 26.7 Å². The largest absolute Gasteiger partial charge is 0.481 e. The van der Waals surface area contributed by atoms with Crippen LogP contribution in [-0.2, 0) is 19.2 Å². The van der Waals surface area contributed by atoms with E-state index < -0.39 is 29.9 Å². The van der Waals surface area contributed by atoms with Gasteiger partial charge < -0.3 is 41.5 Å². The van der Waals surface area contributed by atoms with E-state index in [-0.39, 0.29) is 32.7 Å². The van der Waals surface area contributed by atoms with Crippen molar-refractivity contribution < 1.29 is 54.9 Å².